The molecule has 9 heteroatoms. The summed E-state index contributed by atoms with van der Waals surface area (Å²) in [7, 11) is 0. The maximum Gasteiger partial charge on any atom is 0.240 e. The first kappa shape index (κ1) is 13.9. The van der Waals surface area contributed by atoms with Gasteiger partial charge < -0.3 is 10.1 Å². The Bertz CT molecular complexity index is 576. The van der Waals surface area contributed by atoms with Crippen LogP contribution < -0.4 is 42.8 Å². The molecule has 2 saturated heterocycles. The Kier molecular flexibility index (Phi) is 3.66. The van der Waals surface area contributed by atoms with Gasteiger partial charge in [-0.05, 0) is 23.6 Å². The predicted molar refractivity (Wildman–Crippen MR) is 77.5 cm³/mol. The fourth-order valence-electron chi connectivity index (χ4n) is 2.94. The van der Waals surface area contributed by atoms with Crippen LogP contribution in [0, 0.1) is 0 Å². The van der Waals surface area contributed by atoms with Crippen LogP contribution in [0.5, 0.6) is 5.75 Å². The Balaban J connectivity index is 1.38. The van der Waals surface area contributed by atoms with E-state index in [-0.39, 0.29) is 24.3 Å². The van der Waals surface area contributed by atoms with Gasteiger partial charge in [0.25, 0.3) is 0 Å². The minimum Gasteiger partial charge on any atom is -0.493 e. The lowest BCUT2D eigenvalue weighted by Gasteiger charge is -2.15. The van der Waals surface area contributed by atoms with Crippen molar-refractivity contribution in [3.8, 4) is 5.75 Å². The predicted octanol–water partition coefficient (Wildman–Crippen LogP) is -1.95. The zero-order valence-electron chi connectivity index (χ0n) is 11.9. The van der Waals surface area contributed by atoms with Gasteiger partial charge in [-0.2, -0.15) is 11.1 Å². The Hall–Kier alpha value is -1.75. The largest absolute Gasteiger partial charge is 0.493 e. The third kappa shape index (κ3) is 2.65. The van der Waals surface area contributed by atoms with Crippen LogP contribution in [0.3, 0.4) is 0 Å². The SMILES string of the molecule is O=C(NC1NNNN1)C1CC(c2ccc3c(c2)CCO3)NN1. The van der Waals surface area contributed by atoms with Gasteiger partial charge in [0.1, 0.15) is 11.8 Å². The molecule has 4 rings (SSSR count). The number of fused-ring (bicyclic) bond motifs is 1. The van der Waals surface area contributed by atoms with Gasteiger partial charge in [0, 0.05) is 12.5 Å². The van der Waals surface area contributed by atoms with Gasteiger partial charge in [-0.25, -0.2) is 21.7 Å². The van der Waals surface area contributed by atoms with Crippen LogP contribution in [0.15, 0.2) is 18.2 Å². The van der Waals surface area contributed by atoms with E-state index < -0.39 is 0 Å². The molecule has 22 heavy (non-hydrogen) atoms. The molecule has 1 aromatic rings. The van der Waals surface area contributed by atoms with E-state index >= 15 is 0 Å². The van der Waals surface area contributed by atoms with Gasteiger partial charge in [0.05, 0.1) is 6.61 Å². The minimum atomic E-state index is -0.342. The van der Waals surface area contributed by atoms with Crippen molar-refractivity contribution in [2.24, 2.45) is 0 Å². The lowest BCUT2D eigenvalue weighted by molar-refractivity contribution is -0.123. The first-order valence-electron chi connectivity index (χ1n) is 7.38. The van der Waals surface area contributed by atoms with Crippen molar-refractivity contribution in [3.63, 3.8) is 0 Å². The number of ether oxygens (including phenoxy) is 1. The van der Waals surface area contributed by atoms with Crippen LogP contribution in [-0.2, 0) is 11.2 Å². The topological polar surface area (TPSA) is 111 Å². The highest BCUT2D eigenvalue weighted by molar-refractivity contribution is 5.82. The number of hydrogen-bond donors (Lipinski definition) is 7. The number of benzene rings is 1. The lowest BCUT2D eigenvalue weighted by Crippen LogP contribution is -2.54. The maximum absolute atomic E-state index is 12.2. The number of rotatable bonds is 3. The highest BCUT2D eigenvalue weighted by Gasteiger charge is 2.32. The molecule has 118 valence electrons. The fourth-order valence-corrected chi connectivity index (χ4v) is 2.94. The molecule has 7 N–H and O–H groups in total. The first-order chi connectivity index (χ1) is 10.8. The summed E-state index contributed by atoms with van der Waals surface area (Å²) in [5.74, 6) is 0.900. The number of amides is 1. The molecule has 2 fully saturated rings. The number of hydrazine groups is 4. The van der Waals surface area contributed by atoms with E-state index in [0.29, 0.717) is 6.42 Å². The van der Waals surface area contributed by atoms with Crippen LogP contribution in [0.2, 0.25) is 0 Å². The maximum atomic E-state index is 12.2. The standard InChI is InChI=1S/C13H19N7O2/c21-12(14-13-17-19-20-18-13)10-6-9(15-16-10)7-1-2-11-8(5-7)3-4-22-11/h1-2,5,9-10,13,15-20H,3-4,6H2,(H,14,21). The van der Waals surface area contributed by atoms with E-state index in [9.17, 15) is 4.79 Å². The van der Waals surface area contributed by atoms with E-state index in [1.807, 2.05) is 6.07 Å². The molecule has 0 bridgehead atoms. The summed E-state index contributed by atoms with van der Waals surface area (Å²) < 4.78 is 5.52. The third-order valence-corrected chi connectivity index (χ3v) is 4.12. The molecular weight excluding hydrogens is 286 g/mol. The molecule has 2 unspecified atom stereocenters. The molecule has 0 aromatic heterocycles. The summed E-state index contributed by atoms with van der Waals surface area (Å²) in [4.78, 5) is 12.2. The zero-order chi connectivity index (χ0) is 14.9. The Morgan fingerprint density at radius 2 is 2.05 bits per heavy atom. The van der Waals surface area contributed by atoms with Gasteiger partial charge in [-0.1, -0.05) is 12.1 Å². The van der Waals surface area contributed by atoms with Crippen molar-refractivity contribution in [1.29, 1.82) is 0 Å². The number of hydrogen-bond acceptors (Lipinski definition) is 8. The van der Waals surface area contributed by atoms with Crippen molar-refractivity contribution in [2.75, 3.05) is 6.61 Å². The van der Waals surface area contributed by atoms with E-state index in [1.54, 1.807) is 0 Å². The Labute approximate surface area is 127 Å². The van der Waals surface area contributed by atoms with Crippen molar-refractivity contribution in [2.45, 2.75) is 31.2 Å². The van der Waals surface area contributed by atoms with Crippen LogP contribution in [-0.4, -0.2) is 24.8 Å². The second kappa shape index (κ2) is 5.80. The summed E-state index contributed by atoms with van der Waals surface area (Å²) in [6, 6.07) is 6.06. The molecule has 3 heterocycles. The molecule has 0 spiro atoms. The van der Waals surface area contributed by atoms with Crippen molar-refractivity contribution in [1.82, 2.24) is 38.1 Å². The number of carbonyl (C=O) groups is 1. The molecule has 1 aromatic carbocycles. The highest BCUT2D eigenvalue weighted by Crippen LogP contribution is 2.30. The summed E-state index contributed by atoms with van der Waals surface area (Å²) >= 11 is 0. The van der Waals surface area contributed by atoms with E-state index in [2.05, 4.69) is 50.2 Å². The quantitative estimate of drug-likeness (QED) is 0.345. The van der Waals surface area contributed by atoms with E-state index in [0.717, 1.165) is 18.8 Å². The van der Waals surface area contributed by atoms with Gasteiger partial charge in [-0.3, -0.25) is 4.79 Å². The summed E-state index contributed by atoms with van der Waals surface area (Å²) in [6.07, 6.45) is 1.30. The molecule has 1 amide bonds. The molecule has 2 atom stereocenters. The van der Waals surface area contributed by atoms with Crippen molar-refractivity contribution < 1.29 is 9.53 Å². The van der Waals surface area contributed by atoms with Crippen LogP contribution in [0.25, 0.3) is 0 Å². The van der Waals surface area contributed by atoms with Crippen LogP contribution in [0.4, 0.5) is 0 Å². The average Bonchev–Trinajstić information content (AvgIpc) is 3.27. The third-order valence-electron chi connectivity index (χ3n) is 4.12. The number of carbonyl (C=O) groups excluding carboxylic acids is 1. The van der Waals surface area contributed by atoms with E-state index in [4.69, 9.17) is 4.74 Å². The first-order valence-corrected chi connectivity index (χ1v) is 7.38. The Morgan fingerprint density at radius 3 is 2.91 bits per heavy atom. The molecule has 3 aliphatic heterocycles. The van der Waals surface area contributed by atoms with E-state index in [1.165, 1.54) is 11.1 Å². The highest BCUT2D eigenvalue weighted by atomic mass is 16.5. The molecule has 0 radical (unpaired) electrons. The summed E-state index contributed by atoms with van der Waals surface area (Å²) in [5.41, 5.74) is 19.6. The smallest absolute Gasteiger partial charge is 0.240 e. The van der Waals surface area contributed by atoms with Crippen LogP contribution in [0.1, 0.15) is 23.6 Å². The summed E-state index contributed by atoms with van der Waals surface area (Å²) in [5, 5.41) is 2.83. The second-order valence-corrected chi connectivity index (χ2v) is 5.58. The molecular formula is C13H19N7O2. The monoisotopic (exact) mass is 305 g/mol. The molecule has 9 nitrogen and oxygen atoms in total. The normalized spacial score (nSPS) is 27.6. The van der Waals surface area contributed by atoms with Crippen molar-refractivity contribution >= 4 is 5.91 Å². The molecule has 3 aliphatic rings. The van der Waals surface area contributed by atoms with Crippen molar-refractivity contribution in [3.05, 3.63) is 29.3 Å². The molecule has 0 aliphatic carbocycles. The second-order valence-electron chi connectivity index (χ2n) is 5.58. The summed E-state index contributed by atoms with van der Waals surface area (Å²) in [6.45, 7) is 0.754. The van der Waals surface area contributed by atoms with Crippen LogP contribution >= 0.6 is 0 Å². The zero-order valence-corrected chi connectivity index (χ0v) is 11.9. The van der Waals surface area contributed by atoms with Gasteiger partial charge in [-0.15, -0.1) is 0 Å². The fraction of sp³-hybridized carbons (Fsp3) is 0.462. The lowest BCUT2D eigenvalue weighted by atomic mass is 9.99. The van der Waals surface area contributed by atoms with Gasteiger partial charge in [0.2, 0.25) is 5.91 Å². The van der Waals surface area contributed by atoms with Gasteiger partial charge in [0.15, 0.2) is 6.29 Å². The average molecular weight is 305 g/mol. The number of nitrogens with one attached hydrogen (secondary N) is 7. The molecule has 0 saturated carbocycles. The minimum absolute atomic E-state index is 0.0741. The Morgan fingerprint density at radius 1 is 1.18 bits per heavy atom. The van der Waals surface area contributed by atoms with Gasteiger partial charge >= 0.3 is 0 Å².